The molecule has 1 fully saturated rings. The lowest BCUT2D eigenvalue weighted by molar-refractivity contribution is 0.215. The molecule has 0 saturated carbocycles. The standard InChI is InChI=1S/C17H23FN4O/c1-13(2)11-16-19-17(23-20-16)12-21-7-9-22(10-8-21)15-6-4-3-5-14(15)18/h3-6,13H,7-12H2,1-2H3. The van der Waals surface area contributed by atoms with Crippen molar-refractivity contribution in [3.8, 4) is 0 Å². The zero-order chi connectivity index (χ0) is 16.2. The van der Waals surface area contributed by atoms with E-state index in [4.69, 9.17) is 4.52 Å². The van der Waals surface area contributed by atoms with Crippen LogP contribution in [-0.4, -0.2) is 41.2 Å². The number of nitrogens with zero attached hydrogens (tertiary/aromatic N) is 4. The van der Waals surface area contributed by atoms with E-state index >= 15 is 0 Å². The van der Waals surface area contributed by atoms with E-state index in [2.05, 4.69) is 33.8 Å². The van der Waals surface area contributed by atoms with Gasteiger partial charge in [0.25, 0.3) is 0 Å². The summed E-state index contributed by atoms with van der Waals surface area (Å²) in [4.78, 5) is 8.80. The van der Waals surface area contributed by atoms with Crippen molar-refractivity contribution in [3.05, 3.63) is 41.8 Å². The Morgan fingerprint density at radius 3 is 2.61 bits per heavy atom. The number of anilines is 1. The molecule has 0 N–H and O–H groups in total. The quantitative estimate of drug-likeness (QED) is 0.848. The predicted octanol–water partition coefficient (Wildman–Crippen LogP) is 2.73. The van der Waals surface area contributed by atoms with Gasteiger partial charge in [0.05, 0.1) is 12.2 Å². The van der Waals surface area contributed by atoms with Crippen molar-refractivity contribution in [3.63, 3.8) is 0 Å². The summed E-state index contributed by atoms with van der Waals surface area (Å²) >= 11 is 0. The molecule has 124 valence electrons. The molecule has 5 nitrogen and oxygen atoms in total. The Kier molecular flexibility index (Phi) is 4.91. The van der Waals surface area contributed by atoms with E-state index in [1.807, 2.05) is 12.1 Å². The second-order valence-corrected chi connectivity index (χ2v) is 6.42. The summed E-state index contributed by atoms with van der Waals surface area (Å²) in [6.07, 6.45) is 0.838. The fraction of sp³-hybridized carbons (Fsp3) is 0.529. The van der Waals surface area contributed by atoms with Crippen LogP contribution in [0.25, 0.3) is 0 Å². The van der Waals surface area contributed by atoms with Crippen LogP contribution >= 0.6 is 0 Å². The number of piperazine rings is 1. The molecule has 0 radical (unpaired) electrons. The fourth-order valence-electron chi connectivity index (χ4n) is 2.85. The first-order valence-corrected chi connectivity index (χ1v) is 8.15. The predicted molar refractivity (Wildman–Crippen MR) is 86.7 cm³/mol. The van der Waals surface area contributed by atoms with Crippen molar-refractivity contribution in [1.29, 1.82) is 0 Å². The maximum atomic E-state index is 13.8. The molecule has 0 spiro atoms. The summed E-state index contributed by atoms with van der Waals surface area (Å²) in [5.74, 6) is 1.81. The monoisotopic (exact) mass is 318 g/mol. The number of hydrogen-bond donors (Lipinski definition) is 0. The van der Waals surface area contributed by atoms with Crippen LogP contribution in [0.2, 0.25) is 0 Å². The van der Waals surface area contributed by atoms with Crippen molar-refractivity contribution >= 4 is 5.69 Å². The minimum atomic E-state index is -0.156. The number of aromatic nitrogens is 2. The first-order valence-electron chi connectivity index (χ1n) is 8.15. The lowest BCUT2D eigenvalue weighted by Gasteiger charge is -2.35. The molecule has 1 aliphatic rings. The van der Waals surface area contributed by atoms with Gasteiger partial charge in [0.1, 0.15) is 5.82 Å². The van der Waals surface area contributed by atoms with E-state index in [9.17, 15) is 4.39 Å². The summed E-state index contributed by atoms with van der Waals surface area (Å²) in [5, 5.41) is 4.02. The molecular formula is C17H23FN4O. The zero-order valence-electron chi connectivity index (χ0n) is 13.7. The second kappa shape index (κ2) is 7.08. The molecule has 1 saturated heterocycles. The van der Waals surface area contributed by atoms with Crippen molar-refractivity contribution in [2.24, 2.45) is 5.92 Å². The summed E-state index contributed by atoms with van der Waals surface area (Å²) in [6, 6.07) is 6.94. The average Bonchev–Trinajstić information content (AvgIpc) is 2.95. The first-order chi connectivity index (χ1) is 11.1. The van der Waals surface area contributed by atoms with Crippen molar-refractivity contribution in [2.45, 2.75) is 26.8 Å². The van der Waals surface area contributed by atoms with E-state index in [1.54, 1.807) is 6.07 Å². The van der Waals surface area contributed by atoms with Crippen LogP contribution in [0.3, 0.4) is 0 Å². The Bertz CT molecular complexity index is 635. The second-order valence-electron chi connectivity index (χ2n) is 6.42. The fourth-order valence-corrected chi connectivity index (χ4v) is 2.85. The van der Waals surface area contributed by atoms with Gasteiger partial charge in [-0.1, -0.05) is 31.1 Å². The Labute approximate surface area is 136 Å². The molecular weight excluding hydrogens is 295 g/mol. The lowest BCUT2D eigenvalue weighted by atomic mass is 10.1. The molecule has 1 aliphatic heterocycles. The third-order valence-electron chi connectivity index (χ3n) is 4.03. The van der Waals surface area contributed by atoms with E-state index in [-0.39, 0.29) is 5.82 Å². The van der Waals surface area contributed by atoms with E-state index in [0.717, 1.165) is 38.4 Å². The number of benzene rings is 1. The third kappa shape index (κ3) is 4.07. The van der Waals surface area contributed by atoms with E-state index in [1.165, 1.54) is 6.07 Å². The highest BCUT2D eigenvalue weighted by Gasteiger charge is 2.21. The average molecular weight is 318 g/mol. The van der Waals surface area contributed by atoms with Crippen LogP contribution in [-0.2, 0) is 13.0 Å². The smallest absolute Gasteiger partial charge is 0.240 e. The minimum Gasteiger partial charge on any atom is -0.367 e. The Balaban J connectivity index is 1.53. The molecule has 0 bridgehead atoms. The van der Waals surface area contributed by atoms with Crippen molar-refractivity contribution in [1.82, 2.24) is 15.0 Å². The summed E-state index contributed by atoms with van der Waals surface area (Å²) in [7, 11) is 0. The van der Waals surface area contributed by atoms with Crippen LogP contribution in [0.5, 0.6) is 0 Å². The molecule has 2 heterocycles. The van der Waals surface area contributed by atoms with Gasteiger partial charge in [0.2, 0.25) is 5.89 Å². The highest BCUT2D eigenvalue weighted by atomic mass is 19.1. The topological polar surface area (TPSA) is 45.4 Å². The van der Waals surface area contributed by atoms with Crippen LogP contribution in [0.4, 0.5) is 10.1 Å². The molecule has 23 heavy (non-hydrogen) atoms. The Morgan fingerprint density at radius 1 is 1.17 bits per heavy atom. The maximum absolute atomic E-state index is 13.8. The molecule has 0 unspecified atom stereocenters. The SMILES string of the molecule is CC(C)Cc1noc(CN2CCN(c3ccccc3F)CC2)n1. The molecule has 6 heteroatoms. The van der Waals surface area contributed by atoms with Gasteiger partial charge in [-0.05, 0) is 18.1 Å². The summed E-state index contributed by atoms with van der Waals surface area (Å²) in [5.41, 5.74) is 0.684. The lowest BCUT2D eigenvalue weighted by Crippen LogP contribution is -2.46. The molecule has 0 aliphatic carbocycles. The van der Waals surface area contributed by atoms with Crippen LogP contribution in [0, 0.1) is 11.7 Å². The van der Waals surface area contributed by atoms with Gasteiger partial charge in [-0.25, -0.2) is 4.39 Å². The van der Waals surface area contributed by atoms with Gasteiger partial charge in [0.15, 0.2) is 5.82 Å². The van der Waals surface area contributed by atoms with Crippen LogP contribution in [0.15, 0.2) is 28.8 Å². The molecule has 0 atom stereocenters. The minimum absolute atomic E-state index is 0.156. The number of para-hydroxylation sites is 1. The Morgan fingerprint density at radius 2 is 1.91 bits per heavy atom. The first kappa shape index (κ1) is 15.9. The van der Waals surface area contributed by atoms with Crippen LogP contribution in [0.1, 0.15) is 25.6 Å². The van der Waals surface area contributed by atoms with Gasteiger partial charge >= 0.3 is 0 Å². The highest BCUT2D eigenvalue weighted by molar-refractivity contribution is 5.47. The molecule has 2 aromatic rings. The van der Waals surface area contributed by atoms with Gasteiger partial charge in [-0.2, -0.15) is 4.98 Å². The summed E-state index contributed by atoms with van der Waals surface area (Å²) in [6.45, 7) is 8.25. The molecule has 1 aromatic heterocycles. The largest absolute Gasteiger partial charge is 0.367 e. The van der Waals surface area contributed by atoms with Crippen molar-refractivity contribution < 1.29 is 8.91 Å². The summed E-state index contributed by atoms with van der Waals surface area (Å²) < 4.78 is 19.2. The van der Waals surface area contributed by atoms with Gasteiger partial charge < -0.3 is 9.42 Å². The van der Waals surface area contributed by atoms with E-state index in [0.29, 0.717) is 24.0 Å². The zero-order valence-corrected chi connectivity index (χ0v) is 13.7. The van der Waals surface area contributed by atoms with Gasteiger partial charge in [-0.15, -0.1) is 0 Å². The third-order valence-corrected chi connectivity index (χ3v) is 4.03. The van der Waals surface area contributed by atoms with E-state index < -0.39 is 0 Å². The maximum Gasteiger partial charge on any atom is 0.240 e. The molecule has 3 rings (SSSR count). The Hall–Kier alpha value is -1.95. The number of halogens is 1. The molecule has 0 amide bonds. The normalized spacial score (nSPS) is 16.3. The van der Waals surface area contributed by atoms with Gasteiger partial charge in [0, 0.05) is 32.6 Å². The number of rotatable bonds is 5. The number of hydrogen-bond acceptors (Lipinski definition) is 5. The highest BCUT2D eigenvalue weighted by Crippen LogP contribution is 2.20. The van der Waals surface area contributed by atoms with Crippen molar-refractivity contribution in [2.75, 3.05) is 31.1 Å². The molecule has 1 aromatic carbocycles. The van der Waals surface area contributed by atoms with Gasteiger partial charge in [-0.3, -0.25) is 4.90 Å². The van der Waals surface area contributed by atoms with Crippen LogP contribution < -0.4 is 4.90 Å².